The SMILES string of the molecule is CC1=C(O)C2CCCCCCCC2NC1=O. The van der Waals surface area contributed by atoms with Gasteiger partial charge in [-0.25, -0.2) is 0 Å². The van der Waals surface area contributed by atoms with Crippen LogP contribution in [0.3, 0.4) is 0 Å². The quantitative estimate of drug-likeness (QED) is 0.663. The van der Waals surface area contributed by atoms with Gasteiger partial charge in [0.2, 0.25) is 0 Å². The molecule has 3 nitrogen and oxygen atoms in total. The molecule has 2 unspecified atom stereocenters. The van der Waals surface area contributed by atoms with Crippen LogP contribution in [-0.2, 0) is 4.79 Å². The van der Waals surface area contributed by atoms with E-state index in [2.05, 4.69) is 5.32 Å². The fourth-order valence-corrected chi connectivity index (χ4v) is 2.83. The van der Waals surface area contributed by atoms with E-state index in [1.807, 2.05) is 0 Å². The number of hydrogen-bond donors (Lipinski definition) is 2. The van der Waals surface area contributed by atoms with Crippen molar-refractivity contribution < 1.29 is 9.90 Å². The zero-order valence-electron chi connectivity index (χ0n) is 9.96. The third kappa shape index (κ3) is 2.23. The van der Waals surface area contributed by atoms with E-state index in [4.69, 9.17) is 0 Å². The number of rotatable bonds is 0. The number of hydrogen-bond acceptors (Lipinski definition) is 2. The van der Waals surface area contributed by atoms with Crippen molar-refractivity contribution in [3.8, 4) is 0 Å². The molecule has 1 amide bonds. The standard InChI is InChI=1S/C13H21NO2/c1-9-12(15)10-7-5-3-2-4-6-8-11(10)14-13(9)16/h10-11,15H,2-8H2,1H3,(H,14,16). The van der Waals surface area contributed by atoms with Crippen LogP contribution in [0.2, 0.25) is 0 Å². The molecule has 1 heterocycles. The number of fused-ring (bicyclic) bond motifs is 1. The fourth-order valence-electron chi connectivity index (χ4n) is 2.83. The first-order chi connectivity index (χ1) is 7.70. The first kappa shape index (κ1) is 11.5. The average Bonchev–Trinajstić information content (AvgIpc) is 2.38. The molecular weight excluding hydrogens is 202 g/mol. The monoisotopic (exact) mass is 223 g/mol. The van der Waals surface area contributed by atoms with E-state index in [0.29, 0.717) is 11.3 Å². The molecule has 0 aromatic rings. The van der Waals surface area contributed by atoms with Crippen molar-refractivity contribution in [3.05, 3.63) is 11.3 Å². The lowest BCUT2D eigenvalue weighted by molar-refractivity contribution is -0.119. The molecule has 0 spiro atoms. The minimum Gasteiger partial charge on any atom is -0.511 e. The molecule has 2 atom stereocenters. The first-order valence-corrected chi connectivity index (χ1v) is 6.40. The van der Waals surface area contributed by atoms with Gasteiger partial charge in [-0.15, -0.1) is 0 Å². The molecule has 1 saturated carbocycles. The second-order valence-electron chi connectivity index (χ2n) is 5.04. The average molecular weight is 223 g/mol. The highest BCUT2D eigenvalue weighted by atomic mass is 16.3. The van der Waals surface area contributed by atoms with Gasteiger partial charge in [0.15, 0.2) is 0 Å². The molecule has 3 heteroatoms. The summed E-state index contributed by atoms with van der Waals surface area (Å²) in [5, 5.41) is 13.1. The van der Waals surface area contributed by atoms with Crippen LogP contribution in [0.4, 0.5) is 0 Å². The smallest absolute Gasteiger partial charge is 0.250 e. The highest BCUT2D eigenvalue weighted by Crippen LogP contribution is 2.31. The Bertz CT molecular complexity index is 309. The van der Waals surface area contributed by atoms with Gasteiger partial charge in [0, 0.05) is 12.0 Å². The van der Waals surface area contributed by atoms with E-state index in [-0.39, 0.29) is 17.9 Å². The third-order valence-electron chi connectivity index (χ3n) is 3.91. The zero-order chi connectivity index (χ0) is 11.5. The van der Waals surface area contributed by atoms with Gasteiger partial charge in [-0.1, -0.05) is 32.1 Å². The maximum Gasteiger partial charge on any atom is 0.250 e. The van der Waals surface area contributed by atoms with Crippen molar-refractivity contribution in [2.75, 3.05) is 0 Å². The number of carbonyl (C=O) groups excluding carboxylic acids is 1. The van der Waals surface area contributed by atoms with Gasteiger partial charge in [0.1, 0.15) is 5.76 Å². The van der Waals surface area contributed by atoms with Crippen LogP contribution in [0.15, 0.2) is 11.3 Å². The second kappa shape index (κ2) is 4.89. The fraction of sp³-hybridized carbons (Fsp3) is 0.769. The Morgan fingerprint density at radius 2 is 1.75 bits per heavy atom. The first-order valence-electron chi connectivity index (χ1n) is 6.40. The highest BCUT2D eigenvalue weighted by molar-refractivity contribution is 5.94. The minimum absolute atomic E-state index is 0.0852. The van der Waals surface area contributed by atoms with Crippen LogP contribution in [0, 0.1) is 5.92 Å². The summed E-state index contributed by atoms with van der Waals surface area (Å²) in [4.78, 5) is 11.6. The second-order valence-corrected chi connectivity index (χ2v) is 5.04. The van der Waals surface area contributed by atoms with Crippen molar-refractivity contribution >= 4 is 5.91 Å². The number of aliphatic hydroxyl groups is 1. The van der Waals surface area contributed by atoms with Gasteiger partial charge < -0.3 is 10.4 Å². The topological polar surface area (TPSA) is 49.3 Å². The predicted molar refractivity (Wildman–Crippen MR) is 63.1 cm³/mol. The molecule has 2 rings (SSSR count). The Hall–Kier alpha value is -0.990. The Balaban J connectivity index is 2.18. The van der Waals surface area contributed by atoms with Gasteiger partial charge in [0.05, 0.1) is 5.57 Å². The summed E-state index contributed by atoms with van der Waals surface area (Å²) in [5.74, 6) is 0.421. The van der Waals surface area contributed by atoms with E-state index >= 15 is 0 Å². The van der Waals surface area contributed by atoms with E-state index in [1.165, 1.54) is 19.3 Å². The highest BCUT2D eigenvalue weighted by Gasteiger charge is 2.33. The predicted octanol–water partition coefficient (Wildman–Crippen LogP) is 2.68. The van der Waals surface area contributed by atoms with E-state index < -0.39 is 0 Å². The molecule has 1 fully saturated rings. The maximum atomic E-state index is 11.6. The minimum atomic E-state index is -0.0852. The number of aliphatic hydroxyl groups excluding tert-OH is 1. The summed E-state index contributed by atoms with van der Waals surface area (Å²) < 4.78 is 0. The Morgan fingerprint density at radius 1 is 1.12 bits per heavy atom. The van der Waals surface area contributed by atoms with Gasteiger partial charge in [-0.3, -0.25) is 4.79 Å². The molecule has 2 N–H and O–H groups in total. The zero-order valence-corrected chi connectivity index (χ0v) is 9.96. The van der Waals surface area contributed by atoms with Crippen LogP contribution in [0.25, 0.3) is 0 Å². The summed E-state index contributed by atoms with van der Waals surface area (Å²) in [5.41, 5.74) is 0.514. The van der Waals surface area contributed by atoms with Gasteiger partial charge in [0.25, 0.3) is 5.91 Å². The molecule has 1 aliphatic heterocycles. The molecule has 0 bridgehead atoms. The third-order valence-corrected chi connectivity index (χ3v) is 3.91. The van der Waals surface area contributed by atoms with Crippen LogP contribution in [0.1, 0.15) is 51.9 Å². The summed E-state index contributed by atoms with van der Waals surface area (Å²) in [6, 6.07) is 0.161. The molecule has 0 aromatic carbocycles. The summed E-state index contributed by atoms with van der Waals surface area (Å²) in [6.07, 6.45) is 8.13. The molecule has 0 radical (unpaired) electrons. The number of amides is 1. The maximum absolute atomic E-state index is 11.6. The van der Waals surface area contributed by atoms with Crippen molar-refractivity contribution in [1.29, 1.82) is 0 Å². The summed E-state index contributed by atoms with van der Waals surface area (Å²) in [6.45, 7) is 1.72. The Labute approximate surface area is 96.9 Å². The van der Waals surface area contributed by atoms with Crippen LogP contribution in [-0.4, -0.2) is 17.1 Å². The molecule has 90 valence electrons. The lowest BCUT2D eigenvalue weighted by Crippen LogP contribution is -2.46. The summed E-state index contributed by atoms with van der Waals surface area (Å²) >= 11 is 0. The van der Waals surface area contributed by atoms with E-state index in [9.17, 15) is 9.90 Å². The van der Waals surface area contributed by atoms with Gasteiger partial charge >= 0.3 is 0 Å². The van der Waals surface area contributed by atoms with Gasteiger partial charge in [-0.2, -0.15) is 0 Å². The van der Waals surface area contributed by atoms with Crippen molar-refractivity contribution in [3.63, 3.8) is 0 Å². The van der Waals surface area contributed by atoms with Crippen molar-refractivity contribution in [2.45, 2.75) is 57.9 Å². The molecule has 0 saturated heterocycles. The molecule has 0 aromatic heterocycles. The number of carbonyl (C=O) groups is 1. The van der Waals surface area contributed by atoms with Crippen LogP contribution >= 0.6 is 0 Å². The number of nitrogens with one attached hydrogen (secondary N) is 1. The Morgan fingerprint density at radius 3 is 2.50 bits per heavy atom. The lowest BCUT2D eigenvalue weighted by Gasteiger charge is -2.32. The summed E-state index contributed by atoms with van der Waals surface area (Å²) in [7, 11) is 0. The largest absolute Gasteiger partial charge is 0.511 e. The normalized spacial score (nSPS) is 32.2. The van der Waals surface area contributed by atoms with Crippen molar-refractivity contribution in [1.82, 2.24) is 5.32 Å². The van der Waals surface area contributed by atoms with E-state index in [1.54, 1.807) is 6.92 Å². The van der Waals surface area contributed by atoms with Crippen LogP contribution < -0.4 is 5.32 Å². The Kier molecular flexibility index (Phi) is 3.52. The van der Waals surface area contributed by atoms with Crippen LogP contribution in [0.5, 0.6) is 0 Å². The van der Waals surface area contributed by atoms with Gasteiger partial charge in [-0.05, 0) is 19.8 Å². The molecule has 16 heavy (non-hydrogen) atoms. The molecule has 2 aliphatic rings. The van der Waals surface area contributed by atoms with E-state index in [0.717, 1.165) is 25.7 Å². The molecular formula is C13H21NO2. The molecule has 1 aliphatic carbocycles. The van der Waals surface area contributed by atoms with Crippen molar-refractivity contribution in [2.24, 2.45) is 5.92 Å². The lowest BCUT2D eigenvalue weighted by atomic mass is 9.85.